The lowest BCUT2D eigenvalue weighted by Gasteiger charge is -2.30. The zero-order valence-electron chi connectivity index (χ0n) is 28.6. The number of nitrogens with one attached hydrogen (secondary N) is 3. The molecular formula is C35H53N5O4S2. The maximum Gasteiger partial charge on any atom is 0.407 e. The fraction of sp³-hybridized carbons (Fsp3) is 0.571. The van der Waals surface area contributed by atoms with Gasteiger partial charge in [0, 0.05) is 54.8 Å². The van der Waals surface area contributed by atoms with Crippen LogP contribution < -0.4 is 20.1 Å². The van der Waals surface area contributed by atoms with Gasteiger partial charge in [0.05, 0.1) is 22.3 Å². The number of hydrogen-bond acceptors (Lipinski definition) is 9. The van der Waals surface area contributed by atoms with Crippen LogP contribution in [-0.2, 0) is 9.53 Å². The highest BCUT2D eigenvalue weighted by Gasteiger charge is 2.15. The van der Waals surface area contributed by atoms with Crippen LogP contribution in [-0.4, -0.2) is 59.2 Å². The van der Waals surface area contributed by atoms with Crippen LogP contribution in [0.15, 0.2) is 47.4 Å². The smallest absolute Gasteiger partial charge is 0.407 e. The minimum atomic E-state index is -0.475. The molecule has 9 nitrogen and oxygen atoms in total. The lowest BCUT2D eigenvalue weighted by molar-refractivity contribution is -0.116. The number of carbonyl (C=O) groups is 2. The molecule has 11 heteroatoms. The summed E-state index contributed by atoms with van der Waals surface area (Å²) in [6.07, 6.45) is 6.06. The van der Waals surface area contributed by atoms with Crippen LogP contribution in [0, 0.1) is 0 Å². The molecule has 0 aliphatic rings. The zero-order valence-corrected chi connectivity index (χ0v) is 30.2. The SMILES string of the molecule is CC(C)N(CCNc1ccc(SOc2ccc3nc(NC(=O)CCCCCCCCNC(=O)OC(C)(C)C)sc3c2)cc1)C(C)C. The Balaban J connectivity index is 1.31. The van der Waals surface area contributed by atoms with Gasteiger partial charge in [-0.15, -0.1) is 0 Å². The Kier molecular flexibility index (Phi) is 15.4. The van der Waals surface area contributed by atoms with Crippen molar-refractivity contribution in [2.24, 2.45) is 0 Å². The summed E-state index contributed by atoms with van der Waals surface area (Å²) in [5.74, 6) is 0.729. The number of amides is 2. The second kappa shape index (κ2) is 19.0. The average Bonchev–Trinajstić information content (AvgIpc) is 3.38. The number of fused-ring (bicyclic) bond motifs is 1. The number of carbonyl (C=O) groups excluding carboxylic acids is 2. The molecule has 2 aromatic carbocycles. The Labute approximate surface area is 283 Å². The molecule has 0 saturated heterocycles. The van der Waals surface area contributed by atoms with Gasteiger partial charge in [-0.3, -0.25) is 9.69 Å². The van der Waals surface area contributed by atoms with Crippen molar-refractivity contribution in [3.8, 4) is 5.75 Å². The Bertz CT molecular complexity index is 1350. The molecule has 0 saturated carbocycles. The monoisotopic (exact) mass is 671 g/mol. The van der Waals surface area contributed by atoms with Gasteiger partial charge >= 0.3 is 6.09 Å². The number of benzene rings is 2. The molecule has 0 bridgehead atoms. The van der Waals surface area contributed by atoms with Crippen LogP contribution >= 0.6 is 23.4 Å². The molecule has 0 aliphatic heterocycles. The third kappa shape index (κ3) is 14.2. The van der Waals surface area contributed by atoms with Gasteiger partial charge in [0.15, 0.2) is 5.13 Å². The molecule has 3 rings (SSSR count). The van der Waals surface area contributed by atoms with Gasteiger partial charge in [-0.05, 0) is 97.7 Å². The Hall–Kier alpha value is -3.02. The number of ether oxygens (including phenoxy) is 1. The third-order valence-corrected chi connectivity index (χ3v) is 8.89. The molecule has 0 unspecified atom stereocenters. The van der Waals surface area contributed by atoms with E-state index in [-0.39, 0.29) is 12.0 Å². The van der Waals surface area contributed by atoms with Gasteiger partial charge in [0.1, 0.15) is 11.4 Å². The molecule has 3 N–H and O–H groups in total. The molecule has 254 valence electrons. The molecule has 0 fully saturated rings. The summed E-state index contributed by atoms with van der Waals surface area (Å²) in [5.41, 5.74) is 1.46. The summed E-state index contributed by atoms with van der Waals surface area (Å²) in [6, 6.07) is 15.1. The number of anilines is 2. The summed E-state index contributed by atoms with van der Waals surface area (Å²) < 4.78 is 12.2. The van der Waals surface area contributed by atoms with Crippen molar-refractivity contribution in [1.29, 1.82) is 0 Å². The molecule has 2 amide bonds. The van der Waals surface area contributed by atoms with Crippen LogP contribution in [0.4, 0.5) is 15.6 Å². The van der Waals surface area contributed by atoms with E-state index in [1.54, 1.807) is 0 Å². The minimum absolute atomic E-state index is 0.0113. The second-order valence-electron chi connectivity index (χ2n) is 13.0. The number of hydrogen-bond donors (Lipinski definition) is 3. The maximum absolute atomic E-state index is 12.5. The van der Waals surface area contributed by atoms with Gasteiger partial charge < -0.3 is 24.9 Å². The van der Waals surface area contributed by atoms with Crippen LogP contribution in [0.2, 0.25) is 0 Å². The van der Waals surface area contributed by atoms with E-state index in [9.17, 15) is 9.59 Å². The lowest BCUT2D eigenvalue weighted by atomic mass is 10.1. The summed E-state index contributed by atoms with van der Waals surface area (Å²) in [6.45, 7) is 17.0. The molecule has 0 atom stereocenters. The first kappa shape index (κ1) is 37.4. The van der Waals surface area contributed by atoms with Crippen molar-refractivity contribution >= 4 is 56.4 Å². The van der Waals surface area contributed by atoms with Gasteiger partial charge in [-0.25, -0.2) is 9.78 Å². The molecule has 0 aliphatic carbocycles. The number of unbranched alkanes of at least 4 members (excludes halogenated alkanes) is 5. The normalized spacial score (nSPS) is 11.8. The van der Waals surface area contributed by atoms with Crippen LogP contribution in [0.1, 0.15) is 93.4 Å². The lowest BCUT2D eigenvalue weighted by Crippen LogP contribution is -2.40. The standard InChI is InChI=1S/C35H53N5O4S2/c1-25(2)40(26(3)4)23-22-36-27-15-18-29(19-16-27)46-44-28-17-20-30-31(24-28)45-33(38-30)39-32(41)14-12-10-8-9-11-13-21-37-34(42)43-35(5,6)7/h15-20,24-26,36H,8-14,21-23H2,1-7H3,(H,37,42)(H,38,39,41). The maximum atomic E-state index is 12.5. The largest absolute Gasteiger partial charge is 0.444 e. The number of aromatic nitrogens is 1. The summed E-state index contributed by atoms with van der Waals surface area (Å²) in [4.78, 5) is 32.2. The van der Waals surface area contributed by atoms with Crippen molar-refractivity contribution in [3.63, 3.8) is 0 Å². The summed E-state index contributed by atoms with van der Waals surface area (Å²) in [7, 11) is 0. The Morgan fingerprint density at radius 3 is 2.26 bits per heavy atom. The molecular weight excluding hydrogens is 619 g/mol. The molecule has 0 spiro atoms. The van der Waals surface area contributed by atoms with E-state index < -0.39 is 5.60 Å². The molecule has 1 aromatic heterocycles. The number of thiazole rings is 1. The highest BCUT2D eigenvalue weighted by molar-refractivity contribution is 7.95. The number of nitrogens with zero attached hydrogens (tertiary/aromatic N) is 2. The van der Waals surface area contributed by atoms with Gasteiger partial charge in [0.25, 0.3) is 0 Å². The highest BCUT2D eigenvalue weighted by Crippen LogP contribution is 2.32. The fourth-order valence-electron chi connectivity index (χ4n) is 4.98. The van der Waals surface area contributed by atoms with E-state index >= 15 is 0 Å². The molecule has 1 heterocycles. The predicted octanol–water partition coefficient (Wildman–Crippen LogP) is 9.11. The van der Waals surface area contributed by atoms with Gasteiger partial charge in [-0.1, -0.05) is 37.0 Å². The second-order valence-corrected chi connectivity index (χ2v) is 14.9. The van der Waals surface area contributed by atoms with Gasteiger partial charge in [0.2, 0.25) is 5.91 Å². The van der Waals surface area contributed by atoms with E-state index in [0.717, 1.165) is 78.2 Å². The van der Waals surface area contributed by atoms with Crippen molar-refractivity contribution in [2.45, 2.75) is 116 Å². The molecule has 46 heavy (non-hydrogen) atoms. The van der Waals surface area contributed by atoms with Crippen molar-refractivity contribution in [3.05, 3.63) is 42.5 Å². The summed E-state index contributed by atoms with van der Waals surface area (Å²) >= 11 is 2.78. The predicted molar refractivity (Wildman–Crippen MR) is 193 cm³/mol. The van der Waals surface area contributed by atoms with E-state index in [1.165, 1.54) is 23.4 Å². The first-order valence-electron chi connectivity index (χ1n) is 16.5. The minimum Gasteiger partial charge on any atom is -0.444 e. The Morgan fingerprint density at radius 2 is 1.59 bits per heavy atom. The zero-order chi connectivity index (χ0) is 33.5. The number of alkyl carbamates (subject to hydrolysis) is 1. The van der Waals surface area contributed by atoms with E-state index in [0.29, 0.717) is 30.2 Å². The molecule has 3 aromatic rings. The van der Waals surface area contributed by atoms with Crippen LogP contribution in [0.5, 0.6) is 5.75 Å². The first-order chi connectivity index (χ1) is 21.9. The van der Waals surface area contributed by atoms with E-state index in [1.807, 2.05) is 39.0 Å². The highest BCUT2D eigenvalue weighted by atomic mass is 32.2. The first-order valence-corrected chi connectivity index (χ1v) is 18.1. The average molecular weight is 672 g/mol. The topological polar surface area (TPSA) is 105 Å². The van der Waals surface area contributed by atoms with Gasteiger partial charge in [-0.2, -0.15) is 0 Å². The number of rotatable bonds is 19. The third-order valence-electron chi connectivity index (χ3n) is 7.22. The van der Waals surface area contributed by atoms with Crippen molar-refractivity contribution < 1.29 is 18.5 Å². The van der Waals surface area contributed by atoms with Crippen LogP contribution in [0.3, 0.4) is 0 Å². The molecule has 0 radical (unpaired) electrons. The van der Waals surface area contributed by atoms with Crippen molar-refractivity contribution in [2.75, 3.05) is 30.3 Å². The Morgan fingerprint density at radius 1 is 0.913 bits per heavy atom. The van der Waals surface area contributed by atoms with E-state index in [2.05, 4.69) is 77.8 Å². The van der Waals surface area contributed by atoms with Crippen molar-refractivity contribution in [1.82, 2.24) is 15.2 Å². The quantitative estimate of drug-likeness (QED) is 0.0856. The fourth-order valence-corrected chi connectivity index (χ4v) is 6.43. The van der Waals surface area contributed by atoms with E-state index in [4.69, 9.17) is 8.92 Å². The summed E-state index contributed by atoms with van der Waals surface area (Å²) in [5, 5.41) is 9.86. The van der Waals surface area contributed by atoms with Crippen LogP contribution in [0.25, 0.3) is 10.2 Å².